The molecular formula is C4H2N2. The van der Waals surface area contributed by atoms with Crippen molar-refractivity contribution in [2.24, 2.45) is 0 Å². The van der Waals surface area contributed by atoms with Gasteiger partial charge in [0.05, 0.1) is 11.4 Å². The molecular weight excluding hydrogens is 76.1 g/mol. The van der Waals surface area contributed by atoms with E-state index in [-0.39, 0.29) is 0 Å². The minimum absolute atomic E-state index is 1.06. The summed E-state index contributed by atoms with van der Waals surface area (Å²) in [5.74, 6) is 0. The van der Waals surface area contributed by atoms with Gasteiger partial charge in [0.25, 0.3) is 0 Å². The smallest absolute Gasteiger partial charge is 0.116 e. The maximum absolute atomic E-state index is 3.84. The summed E-state index contributed by atoms with van der Waals surface area (Å²) >= 11 is 0. The molecule has 1 aliphatic heterocycles. The van der Waals surface area contributed by atoms with E-state index in [4.69, 9.17) is 0 Å². The Bertz CT molecular complexity index is 165. The SMILES string of the molecule is c1nc2cc-2n1. The molecule has 0 atom stereocenters. The number of rotatable bonds is 0. The molecule has 6 heavy (non-hydrogen) atoms. The molecule has 1 heterocycles. The third-order valence-corrected chi connectivity index (χ3v) is 0.846. The maximum Gasteiger partial charge on any atom is 0.116 e. The van der Waals surface area contributed by atoms with Crippen LogP contribution in [0.5, 0.6) is 0 Å². The second kappa shape index (κ2) is 0.469. The van der Waals surface area contributed by atoms with Crippen molar-refractivity contribution in [2.75, 3.05) is 0 Å². The average Bonchev–Trinajstić information content (AvgIpc) is 2.17. The summed E-state index contributed by atoms with van der Waals surface area (Å²) in [6, 6.07) is 1.94. The first kappa shape index (κ1) is 2.29. The van der Waals surface area contributed by atoms with Crippen LogP contribution in [0, 0.1) is 0 Å². The Hall–Kier alpha value is -0.920. The van der Waals surface area contributed by atoms with Crippen molar-refractivity contribution >= 4 is 0 Å². The van der Waals surface area contributed by atoms with Crippen molar-refractivity contribution in [1.82, 2.24) is 9.97 Å². The van der Waals surface area contributed by atoms with Gasteiger partial charge in [-0.15, -0.1) is 0 Å². The van der Waals surface area contributed by atoms with Crippen molar-refractivity contribution in [3.63, 3.8) is 0 Å². The summed E-state index contributed by atoms with van der Waals surface area (Å²) in [5.41, 5.74) is 2.13. The van der Waals surface area contributed by atoms with Crippen LogP contribution in [0.4, 0.5) is 0 Å². The number of nitrogens with zero attached hydrogens (tertiary/aromatic N) is 2. The van der Waals surface area contributed by atoms with E-state index in [0.717, 1.165) is 11.4 Å². The number of imidazole rings is 1. The van der Waals surface area contributed by atoms with E-state index < -0.39 is 0 Å². The minimum Gasteiger partial charge on any atom is -0.235 e. The maximum atomic E-state index is 3.84. The van der Waals surface area contributed by atoms with E-state index in [9.17, 15) is 0 Å². The Labute approximate surface area is 34.9 Å². The standard InChI is InChI=1S/C4H2N2/c1-3-4(1)6-2-5-3/h1-2H. The number of hydrogen-bond donors (Lipinski definition) is 0. The largest absolute Gasteiger partial charge is 0.235 e. The van der Waals surface area contributed by atoms with Gasteiger partial charge in [0.15, 0.2) is 0 Å². The van der Waals surface area contributed by atoms with Crippen LogP contribution < -0.4 is 0 Å². The lowest BCUT2D eigenvalue weighted by molar-refractivity contribution is 1.32. The highest BCUT2D eigenvalue weighted by atomic mass is 14.9. The molecule has 0 N–H and O–H groups in total. The van der Waals surface area contributed by atoms with E-state index in [1.807, 2.05) is 6.07 Å². The van der Waals surface area contributed by atoms with Gasteiger partial charge in [0, 0.05) is 0 Å². The van der Waals surface area contributed by atoms with Gasteiger partial charge < -0.3 is 0 Å². The molecule has 0 unspecified atom stereocenters. The molecule has 0 aromatic heterocycles. The van der Waals surface area contributed by atoms with Gasteiger partial charge in [0.1, 0.15) is 6.33 Å². The first-order valence-corrected chi connectivity index (χ1v) is 1.79. The molecule has 0 saturated heterocycles. The first-order valence-electron chi connectivity index (χ1n) is 1.79. The molecule has 0 aromatic carbocycles. The molecule has 2 nitrogen and oxygen atoms in total. The highest BCUT2D eigenvalue weighted by Crippen LogP contribution is 2.25. The fourth-order valence-electron chi connectivity index (χ4n) is 0.453. The molecule has 0 spiro atoms. The lowest BCUT2D eigenvalue weighted by Gasteiger charge is -1.47. The van der Waals surface area contributed by atoms with Gasteiger partial charge >= 0.3 is 0 Å². The summed E-state index contributed by atoms with van der Waals surface area (Å²) in [6.45, 7) is 0. The molecule has 1 aliphatic carbocycles. The lowest BCUT2D eigenvalue weighted by atomic mass is 10.8. The number of fused-ring (bicyclic) bond motifs is 1. The van der Waals surface area contributed by atoms with Crippen LogP contribution in [0.1, 0.15) is 0 Å². The summed E-state index contributed by atoms with van der Waals surface area (Å²) in [4.78, 5) is 7.69. The van der Waals surface area contributed by atoms with Crippen molar-refractivity contribution in [2.45, 2.75) is 0 Å². The van der Waals surface area contributed by atoms with Crippen LogP contribution in [0.15, 0.2) is 12.4 Å². The van der Waals surface area contributed by atoms with Gasteiger partial charge in [-0.25, -0.2) is 9.97 Å². The van der Waals surface area contributed by atoms with Crippen LogP contribution in [0.2, 0.25) is 0 Å². The Morgan fingerprint density at radius 3 is 2.00 bits per heavy atom. The van der Waals surface area contributed by atoms with Gasteiger partial charge in [0.2, 0.25) is 0 Å². The molecule has 0 bridgehead atoms. The third-order valence-electron chi connectivity index (χ3n) is 0.846. The van der Waals surface area contributed by atoms with Crippen molar-refractivity contribution in [1.29, 1.82) is 0 Å². The van der Waals surface area contributed by atoms with E-state index in [1.165, 1.54) is 0 Å². The quantitative estimate of drug-likeness (QED) is 0.457. The molecule has 28 valence electrons. The van der Waals surface area contributed by atoms with Crippen LogP contribution in [-0.2, 0) is 0 Å². The third kappa shape index (κ3) is 0.109. The van der Waals surface area contributed by atoms with Gasteiger partial charge in [-0.05, 0) is 6.07 Å². The molecule has 0 amide bonds. The van der Waals surface area contributed by atoms with E-state index in [1.54, 1.807) is 6.33 Å². The Morgan fingerprint density at radius 1 is 1.17 bits per heavy atom. The van der Waals surface area contributed by atoms with Crippen LogP contribution in [-0.4, -0.2) is 9.97 Å². The molecule has 0 aromatic rings. The molecule has 0 fully saturated rings. The molecule has 0 radical (unpaired) electrons. The number of hydrogen-bond acceptors (Lipinski definition) is 2. The highest BCUT2D eigenvalue weighted by Gasteiger charge is 2.12. The lowest BCUT2D eigenvalue weighted by Crippen LogP contribution is -1.48. The second-order valence-electron chi connectivity index (χ2n) is 1.29. The zero-order chi connectivity index (χ0) is 3.98. The van der Waals surface area contributed by atoms with Crippen LogP contribution in [0.3, 0.4) is 0 Å². The van der Waals surface area contributed by atoms with Gasteiger partial charge in [-0.2, -0.15) is 0 Å². The minimum atomic E-state index is 1.06. The monoisotopic (exact) mass is 78.0 g/mol. The summed E-state index contributed by atoms with van der Waals surface area (Å²) in [7, 11) is 0. The van der Waals surface area contributed by atoms with E-state index in [2.05, 4.69) is 9.97 Å². The zero-order valence-electron chi connectivity index (χ0n) is 3.05. The van der Waals surface area contributed by atoms with Crippen LogP contribution in [0.25, 0.3) is 11.4 Å². The summed E-state index contributed by atoms with van der Waals surface area (Å²) < 4.78 is 0. The Kier molecular flexibility index (Phi) is 0.179. The highest BCUT2D eigenvalue weighted by molar-refractivity contribution is 5.70. The molecule has 2 heteroatoms. The fourth-order valence-corrected chi connectivity index (χ4v) is 0.453. The number of aromatic nitrogens is 2. The first-order chi connectivity index (χ1) is 2.97. The van der Waals surface area contributed by atoms with E-state index in [0.29, 0.717) is 0 Å². The van der Waals surface area contributed by atoms with Crippen LogP contribution >= 0.6 is 0 Å². The molecule has 0 saturated carbocycles. The molecule has 2 aliphatic rings. The molecule has 2 rings (SSSR count). The van der Waals surface area contributed by atoms with E-state index >= 15 is 0 Å². The second-order valence-corrected chi connectivity index (χ2v) is 1.29. The van der Waals surface area contributed by atoms with Gasteiger partial charge in [-0.3, -0.25) is 0 Å². The van der Waals surface area contributed by atoms with Gasteiger partial charge in [-0.1, -0.05) is 0 Å². The van der Waals surface area contributed by atoms with Crippen molar-refractivity contribution in [3.8, 4) is 11.4 Å². The summed E-state index contributed by atoms with van der Waals surface area (Å²) in [6.07, 6.45) is 1.57. The predicted molar refractivity (Wildman–Crippen MR) is 21.0 cm³/mol. The van der Waals surface area contributed by atoms with Crippen molar-refractivity contribution in [3.05, 3.63) is 12.4 Å². The average molecular weight is 78.1 g/mol. The normalized spacial score (nSPS) is 11.3. The Morgan fingerprint density at radius 2 is 1.83 bits per heavy atom. The topological polar surface area (TPSA) is 25.8 Å². The van der Waals surface area contributed by atoms with Crippen molar-refractivity contribution < 1.29 is 0 Å². The predicted octanol–water partition coefficient (Wildman–Crippen LogP) is 0.457. The zero-order valence-corrected chi connectivity index (χ0v) is 3.05. The fraction of sp³-hybridized carbons (Fsp3) is 0. The summed E-state index contributed by atoms with van der Waals surface area (Å²) in [5, 5.41) is 0. The Balaban J connectivity index is 2.91.